The largest absolute Gasteiger partial charge is 0.394 e. The van der Waals surface area contributed by atoms with Gasteiger partial charge in [-0.05, 0) is 44.2 Å². The Morgan fingerprint density at radius 1 is 1.42 bits per heavy atom. The van der Waals surface area contributed by atoms with E-state index >= 15 is 0 Å². The summed E-state index contributed by atoms with van der Waals surface area (Å²) in [6, 6.07) is 0. The summed E-state index contributed by atoms with van der Waals surface area (Å²) < 4.78 is 0. The van der Waals surface area contributed by atoms with E-state index in [1.54, 1.807) is 11.8 Å². The Hall–Kier alpha value is -0.650. The summed E-state index contributed by atoms with van der Waals surface area (Å²) in [5, 5.41) is 14.2. The highest BCUT2D eigenvalue weighted by Crippen LogP contribution is 2.41. The highest BCUT2D eigenvalue weighted by molar-refractivity contribution is 7.99. The van der Waals surface area contributed by atoms with Crippen molar-refractivity contribution >= 4 is 11.8 Å². The Bertz CT molecular complexity index is 394. The summed E-state index contributed by atoms with van der Waals surface area (Å²) in [4.78, 5) is 8.64. The van der Waals surface area contributed by atoms with Gasteiger partial charge in [-0.1, -0.05) is 18.7 Å². The van der Waals surface area contributed by atoms with Gasteiger partial charge in [0.1, 0.15) is 0 Å². The molecule has 1 aromatic rings. The molecule has 1 aliphatic rings. The van der Waals surface area contributed by atoms with Crippen LogP contribution >= 0.6 is 11.8 Å². The first-order valence-corrected chi connectivity index (χ1v) is 7.96. The lowest BCUT2D eigenvalue weighted by Crippen LogP contribution is -2.53. The molecule has 106 valence electrons. The van der Waals surface area contributed by atoms with Crippen LogP contribution in [0.2, 0.25) is 0 Å². The third kappa shape index (κ3) is 3.91. The maximum atomic E-state index is 9.82. The second-order valence-corrected chi connectivity index (χ2v) is 6.29. The lowest BCUT2D eigenvalue weighted by Gasteiger charge is -2.33. The average Bonchev–Trinajstić information content (AvgIpc) is 3.26. The predicted octanol–water partition coefficient (Wildman–Crippen LogP) is 2.02. The molecule has 0 saturated heterocycles. The molecule has 0 spiro atoms. The van der Waals surface area contributed by atoms with E-state index in [-0.39, 0.29) is 12.1 Å². The second-order valence-electron chi connectivity index (χ2n) is 5.35. The van der Waals surface area contributed by atoms with E-state index in [1.165, 1.54) is 12.8 Å². The smallest absolute Gasteiger partial charge is 0.187 e. The summed E-state index contributed by atoms with van der Waals surface area (Å²) in [7, 11) is 0. The fourth-order valence-electron chi connectivity index (χ4n) is 2.20. The molecule has 1 saturated carbocycles. The fourth-order valence-corrected chi connectivity index (χ4v) is 3.27. The number of nitrogens with one attached hydrogen (secondary N) is 1. The van der Waals surface area contributed by atoms with Crippen LogP contribution in [0, 0.1) is 12.8 Å². The first-order chi connectivity index (χ1) is 9.20. The molecular weight excluding hydrogens is 258 g/mol. The Kier molecular flexibility index (Phi) is 5.19. The molecule has 0 amide bonds. The maximum absolute atomic E-state index is 9.82. The molecule has 0 radical (unpaired) electrons. The number of nitrogens with zero attached hydrogens (tertiary/aromatic N) is 2. The molecule has 0 bridgehead atoms. The van der Waals surface area contributed by atoms with Crippen molar-refractivity contribution in [2.24, 2.45) is 5.92 Å². The van der Waals surface area contributed by atoms with Gasteiger partial charge in [-0.25, -0.2) is 9.97 Å². The molecular formula is C14H23N3OS. The summed E-state index contributed by atoms with van der Waals surface area (Å²) in [5.41, 5.74) is 0.915. The zero-order chi connectivity index (χ0) is 13.7. The highest BCUT2D eigenvalue weighted by atomic mass is 32.2. The number of rotatable bonds is 8. The predicted molar refractivity (Wildman–Crippen MR) is 78.3 cm³/mol. The normalized spacial score (nSPS) is 18.3. The van der Waals surface area contributed by atoms with E-state index in [2.05, 4.69) is 22.2 Å². The van der Waals surface area contributed by atoms with Crippen molar-refractivity contribution in [1.29, 1.82) is 0 Å². The van der Waals surface area contributed by atoms with Crippen LogP contribution in [0.5, 0.6) is 0 Å². The molecule has 1 aromatic heterocycles. The van der Waals surface area contributed by atoms with E-state index in [9.17, 15) is 5.11 Å². The summed E-state index contributed by atoms with van der Waals surface area (Å²) in [5.74, 6) is 1.43. The molecule has 2 N–H and O–H groups in total. The standard InChI is InChI=1S/C14H23N3OS/c1-3-6-17-14(9-18,12-4-5-12)10-19-13-15-7-11(2)8-16-13/h7-8,12,17-18H,3-6,9-10H2,1-2H3. The minimum Gasteiger partial charge on any atom is -0.394 e. The average molecular weight is 281 g/mol. The number of hydrogen-bond donors (Lipinski definition) is 2. The molecule has 5 heteroatoms. The van der Waals surface area contributed by atoms with Crippen LogP contribution in [0.15, 0.2) is 17.6 Å². The van der Waals surface area contributed by atoms with E-state index in [0.717, 1.165) is 29.4 Å². The molecule has 2 rings (SSSR count). The van der Waals surface area contributed by atoms with Crippen LogP contribution in [0.4, 0.5) is 0 Å². The van der Waals surface area contributed by atoms with Gasteiger partial charge in [-0.15, -0.1) is 0 Å². The van der Waals surface area contributed by atoms with Crippen LogP contribution in [0.25, 0.3) is 0 Å². The van der Waals surface area contributed by atoms with Crippen LogP contribution in [0.1, 0.15) is 31.7 Å². The molecule has 1 atom stereocenters. The summed E-state index contributed by atoms with van der Waals surface area (Å²) >= 11 is 1.63. The topological polar surface area (TPSA) is 58.0 Å². The van der Waals surface area contributed by atoms with Gasteiger partial charge in [0.05, 0.1) is 12.1 Å². The Morgan fingerprint density at radius 2 is 2.11 bits per heavy atom. The van der Waals surface area contributed by atoms with Crippen molar-refractivity contribution in [3.63, 3.8) is 0 Å². The summed E-state index contributed by atoms with van der Waals surface area (Å²) in [6.45, 7) is 5.28. The maximum Gasteiger partial charge on any atom is 0.187 e. The number of hydrogen-bond acceptors (Lipinski definition) is 5. The van der Waals surface area contributed by atoms with Crippen molar-refractivity contribution in [2.75, 3.05) is 18.9 Å². The number of aryl methyl sites for hydroxylation is 1. The van der Waals surface area contributed by atoms with Gasteiger partial charge >= 0.3 is 0 Å². The minimum atomic E-state index is -0.158. The van der Waals surface area contributed by atoms with Crippen LogP contribution < -0.4 is 5.32 Å². The van der Waals surface area contributed by atoms with Crippen LogP contribution in [-0.4, -0.2) is 39.5 Å². The molecule has 19 heavy (non-hydrogen) atoms. The first-order valence-electron chi connectivity index (χ1n) is 6.97. The van der Waals surface area contributed by atoms with Gasteiger partial charge in [0.15, 0.2) is 5.16 Å². The van der Waals surface area contributed by atoms with E-state index in [0.29, 0.717) is 5.92 Å². The number of aromatic nitrogens is 2. The number of aliphatic hydroxyl groups excluding tert-OH is 1. The van der Waals surface area contributed by atoms with E-state index in [1.807, 2.05) is 19.3 Å². The third-order valence-electron chi connectivity index (χ3n) is 3.58. The molecule has 0 aromatic carbocycles. The van der Waals surface area contributed by atoms with Crippen LogP contribution in [-0.2, 0) is 0 Å². The van der Waals surface area contributed by atoms with Crippen molar-refractivity contribution in [3.8, 4) is 0 Å². The van der Waals surface area contributed by atoms with Crippen molar-refractivity contribution < 1.29 is 5.11 Å². The zero-order valence-corrected chi connectivity index (χ0v) is 12.5. The van der Waals surface area contributed by atoms with Crippen LogP contribution in [0.3, 0.4) is 0 Å². The molecule has 0 aliphatic heterocycles. The van der Waals surface area contributed by atoms with Gasteiger partial charge in [-0.2, -0.15) is 0 Å². The lowest BCUT2D eigenvalue weighted by atomic mass is 9.96. The van der Waals surface area contributed by atoms with Crippen molar-refractivity contribution in [2.45, 2.75) is 43.8 Å². The second kappa shape index (κ2) is 6.68. The Morgan fingerprint density at radius 3 is 2.63 bits per heavy atom. The number of aliphatic hydroxyl groups is 1. The molecule has 1 aliphatic carbocycles. The van der Waals surface area contributed by atoms with Gasteiger partial charge in [-0.3, -0.25) is 0 Å². The third-order valence-corrected chi connectivity index (χ3v) is 4.71. The minimum absolute atomic E-state index is 0.158. The van der Waals surface area contributed by atoms with Gasteiger partial charge in [0, 0.05) is 18.1 Å². The fraction of sp³-hybridized carbons (Fsp3) is 0.714. The quantitative estimate of drug-likeness (QED) is 0.564. The van der Waals surface area contributed by atoms with Gasteiger partial charge in [0.25, 0.3) is 0 Å². The van der Waals surface area contributed by atoms with Gasteiger partial charge in [0.2, 0.25) is 0 Å². The Balaban J connectivity index is 1.97. The molecule has 1 fully saturated rings. The highest BCUT2D eigenvalue weighted by Gasteiger charge is 2.44. The Labute approximate surface area is 119 Å². The number of thioether (sulfide) groups is 1. The lowest BCUT2D eigenvalue weighted by molar-refractivity contribution is 0.159. The molecule has 1 heterocycles. The van der Waals surface area contributed by atoms with E-state index < -0.39 is 0 Å². The SMILES string of the molecule is CCCNC(CO)(CSc1ncc(C)cn1)C1CC1. The molecule has 1 unspecified atom stereocenters. The summed E-state index contributed by atoms with van der Waals surface area (Å²) in [6.07, 6.45) is 7.19. The first kappa shape index (κ1) is 14.8. The van der Waals surface area contributed by atoms with Crippen molar-refractivity contribution in [1.82, 2.24) is 15.3 Å². The van der Waals surface area contributed by atoms with Gasteiger partial charge < -0.3 is 10.4 Å². The van der Waals surface area contributed by atoms with Crippen molar-refractivity contribution in [3.05, 3.63) is 18.0 Å². The van der Waals surface area contributed by atoms with E-state index in [4.69, 9.17) is 0 Å². The molecule has 4 nitrogen and oxygen atoms in total. The monoisotopic (exact) mass is 281 g/mol. The zero-order valence-electron chi connectivity index (χ0n) is 11.7.